The zero-order valence-corrected chi connectivity index (χ0v) is 12.3. The molecule has 1 N–H and O–H groups in total. The van der Waals surface area contributed by atoms with Gasteiger partial charge >= 0.3 is 5.97 Å². The van der Waals surface area contributed by atoms with Gasteiger partial charge in [0.25, 0.3) is 0 Å². The van der Waals surface area contributed by atoms with Crippen LogP contribution in [0.3, 0.4) is 0 Å². The van der Waals surface area contributed by atoms with Crippen molar-refractivity contribution in [1.82, 2.24) is 5.32 Å². The predicted molar refractivity (Wildman–Crippen MR) is 78.0 cm³/mol. The highest BCUT2D eigenvalue weighted by Gasteiger charge is 2.07. The molecule has 0 spiro atoms. The van der Waals surface area contributed by atoms with Gasteiger partial charge in [-0.05, 0) is 37.5 Å². The first-order chi connectivity index (χ1) is 9.56. The number of hydrogen-bond donors (Lipinski definition) is 1. The van der Waals surface area contributed by atoms with Gasteiger partial charge in [-0.3, -0.25) is 0 Å². The van der Waals surface area contributed by atoms with Gasteiger partial charge in [-0.15, -0.1) is 0 Å². The van der Waals surface area contributed by atoms with Gasteiger partial charge in [0.1, 0.15) is 5.82 Å². The molecule has 0 saturated carbocycles. The highest BCUT2D eigenvalue weighted by molar-refractivity contribution is 5.88. The summed E-state index contributed by atoms with van der Waals surface area (Å²) in [6, 6.07) is 6.75. The molecular formula is C16H22FNO2. The second kappa shape index (κ2) is 8.48. The van der Waals surface area contributed by atoms with Crippen molar-refractivity contribution in [3.63, 3.8) is 0 Å². The zero-order valence-electron chi connectivity index (χ0n) is 12.3. The average Bonchev–Trinajstić information content (AvgIpc) is 2.45. The number of methoxy groups -OCH3 is 1. The lowest BCUT2D eigenvalue weighted by molar-refractivity contribution is -0.136. The van der Waals surface area contributed by atoms with E-state index in [2.05, 4.69) is 12.2 Å². The molecule has 1 unspecified atom stereocenters. The Balaban J connectivity index is 2.43. The Morgan fingerprint density at radius 3 is 2.60 bits per heavy atom. The number of esters is 1. The van der Waals surface area contributed by atoms with Crippen molar-refractivity contribution < 1.29 is 13.9 Å². The van der Waals surface area contributed by atoms with Crippen molar-refractivity contribution in [2.75, 3.05) is 13.7 Å². The SMILES string of the molecule is CC/C(=C/CNC(C)Cc1ccc(F)cc1)C(=O)OC. The monoisotopic (exact) mass is 279 g/mol. The Bertz CT molecular complexity index is 454. The molecule has 0 fully saturated rings. The van der Waals surface area contributed by atoms with Crippen molar-refractivity contribution in [3.8, 4) is 0 Å². The Kier molecular flexibility index (Phi) is 6.94. The topological polar surface area (TPSA) is 38.3 Å². The third-order valence-electron chi connectivity index (χ3n) is 3.10. The minimum absolute atomic E-state index is 0.219. The van der Waals surface area contributed by atoms with E-state index in [0.29, 0.717) is 18.5 Å². The summed E-state index contributed by atoms with van der Waals surface area (Å²) in [7, 11) is 1.39. The second-order valence-electron chi connectivity index (χ2n) is 4.71. The van der Waals surface area contributed by atoms with Crippen molar-refractivity contribution in [2.24, 2.45) is 0 Å². The van der Waals surface area contributed by atoms with E-state index in [0.717, 1.165) is 12.0 Å². The zero-order chi connectivity index (χ0) is 15.0. The molecule has 0 amide bonds. The van der Waals surface area contributed by atoms with Crippen LogP contribution in [0, 0.1) is 5.82 Å². The van der Waals surface area contributed by atoms with Crippen LogP contribution in [0.25, 0.3) is 0 Å². The van der Waals surface area contributed by atoms with Gasteiger partial charge in [0.05, 0.1) is 7.11 Å². The van der Waals surface area contributed by atoms with Crippen LogP contribution in [-0.4, -0.2) is 25.7 Å². The number of nitrogens with one attached hydrogen (secondary N) is 1. The largest absolute Gasteiger partial charge is 0.466 e. The number of carbonyl (C=O) groups excluding carboxylic acids is 1. The number of rotatable bonds is 7. The van der Waals surface area contributed by atoms with Crippen LogP contribution in [0.5, 0.6) is 0 Å². The maximum atomic E-state index is 12.8. The van der Waals surface area contributed by atoms with Crippen molar-refractivity contribution >= 4 is 5.97 Å². The number of hydrogen-bond acceptors (Lipinski definition) is 3. The first-order valence-electron chi connectivity index (χ1n) is 6.82. The van der Waals surface area contributed by atoms with E-state index >= 15 is 0 Å². The van der Waals surface area contributed by atoms with Crippen molar-refractivity contribution in [3.05, 3.63) is 47.3 Å². The van der Waals surface area contributed by atoms with Gasteiger partial charge in [0, 0.05) is 18.2 Å². The lowest BCUT2D eigenvalue weighted by Crippen LogP contribution is -2.28. The van der Waals surface area contributed by atoms with E-state index in [4.69, 9.17) is 4.74 Å². The molecule has 0 saturated heterocycles. The van der Waals surface area contributed by atoms with Crippen LogP contribution in [0.4, 0.5) is 4.39 Å². The summed E-state index contributed by atoms with van der Waals surface area (Å²) in [5.41, 5.74) is 1.76. The maximum absolute atomic E-state index is 12.8. The Hall–Kier alpha value is -1.68. The maximum Gasteiger partial charge on any atom is 0.333 e. The smallest absolute Gasteiger partial charge is 0.333 e. The number of ether oxygens (including phenoxy) is 1. The summed E-state index contributed by atoms with van der Waals surface area (Å²) in [4.78, 5) is 11.4. The molecule has 0 heterocycles. The molecule has 1 rings (SSSR count). The Labute approximate surface area is 119 Å². The molecular weight excluding hydrogens is 257 g/mol. The third kappa shape index (κ3) is 5.53. The van der Waals surface area contributed by atoms with Gasteiger partial charge in [0.2, 0.25) is 0 Å². The number of halogens is 1. The van der Waals surface area contributed by atoms with Crippen LogP contribution < -0.4 is 5.32 Å². The molecule has 4 heteroatoms. The summed E-state index contributed by atoms with van der Waals surface area (Å²) in [6.45, 7) is 4.59. The molecule has 20 heavy (non-hydrogen) atoms. The molecule has 1 atom stereocenters. The van der Waals surface area contributed by atoms with Crippen LogP contribution >= 0.6 is 0 Å². The first kappa shape index (κ1) is 16.4. The minimum atomic E-state index is -0.277. The molecule has 0 radical (unpaired) electrons. The second-order valence-corrected chi connectivity index (χ2v) is 4.71. The van der Waals surface area contributed by atoms with Crippen LogP contribution in [0.2, 0.25) is 0 Å². The molecule has 0 aliphatic carbocycles. The standard InChI is InChI=1S/C16H22FNO2/c1-4-14(16(19)20-3)9-10-18-12(2)11-13-5-7-15(17)8-6-13/h5-9,12,18H,4,10-11H2,1-3H3/b14-9-. The summed E-state index contributed by atoms with van der Waals surface area (Å²) in [6.07, 6.45) is 3.32. The Morgan fingerprint density at radius 2 is 2.05 bits per heavy atom. The van der Waals surface area contributed by atoms with Gasteiger partial charge in [-0.25, -0.2) is 9.18 Å². The van der Waals surface area contributed by atoms with Crippen molar-refractivity contribution in [2.45, 2.75) is 32.7 Å². The van der Waals surface area contributed by atoms with Gasteiger partial charge in [0.15, 0.2) is 0 Å². The normalized spacial score (nSPS) is 13.1. The molecule has 1 aromatic carbocycles. The Morgan fingerprint density at radius 1 is 1.40 bits per heavy atom. The van der Waals surface area contributed by atoms with Crippen LogP contribution in [0.1, 0.15) is 25.8 Å². The van der Waals surface area contributed by atoms with Gasteiger partial charge in [-0.2, -0.15) is 0 Å². The van der Waals surface area contributed by atoms with E-state index in [1.165, 1.54) is 19.2 Å². The first-order valence-corrected chi connectivity index (χ1v) is 6.82. The summed E-state index contributed by atoms with van der Waals surface area (Å²) in [5, 5.41) is 3.31. The highest BCUT2D eigenvalue weighted by Crippen LogP contribution is 2.06. The lowest BCUT2D eigenvalue weighted by Gasteiger charge is -2.13. The van der Waals surface area contributed by atoms with E-state index in [1.807, 2.05) is 13.0 Å². The third-order valence-corrected chi connectivity index (χ3v) is 3.10. The number of carbonyl (C=O) groups is 1. The van der Waals surface area contributed by atoms with E-state index < -0.39 is 0 Å². The molecule has 0 aliphatic rings. The van der Waals surface area contributed by atoms with Gasteiger partial charge in [-0.1, -0.05) is 25.1 Å². The quantitative estimate of drug-likeness (QED) is 0.616. The average molecular weight is 279 g/mol. The molecule has 1 aromatic rings. The summed E-state index contributed by atoms with van der Waals surface area (Å²) >= 11 is 0. The van der Waals surface area contributed by atoms with Crippen LogP contribution in [0.15, 0.2) is 35.9 Å². The van der Waals surface area contributed by atoms with Gasteiger partial charge < -0.3 is 10.1 Å². The van der Waals surface area contributed by atoms with E-state index in [1.54, 1.807) is 12.1 Å². The number of benzene rings is 1. The predicted octanol–water partition coefficient (Wildman–Crippen LogP) is 2.86. The van der Waals surface area contributed by atoms with Crippen LogP contribution in [-0.2, 0) is 16.0 Å². The fraction of sp³-hybridized carbons (Fsp3) is 0.438. The summed E-state index contributed by atoms with van der Waals surface area (Å²) in [5.74, 6) is -0.497. The van der Waals surface area contributed by atoms with E-state index in [9.17, 15) is 9.18 Å². The summed E-state index contributed by atoms with van der Waals surface area (Å²) < 4.78 is 17.5. The van der Waals surface area contributed by atoms with Crippen molar-refractivity contribution in [1.29, 1.82) is 0 Å². The highest BCUT2D eigenvalue weighted by atomic mass is 19.1. The fourth-order valence-corrected chi connectivity index (χ4v) is 1.93. The molecule has 0 bridgehead atoms. The lowest BCUT2D eigenvalue weighted by atomic mass is 10.1. The fourth-order valence-electron chi connectivity index (χ4n) is 1.93. The molecule has 0 aromatic heterocycles. The minimum Gasteiger partial charge on any atom is -0.466 e. The molecule has 0 aliphatic heterocycles. The van der Waals surface area contributed by atoms with E-state index in [-0.39, 0.29) is 17.8 Å². The molecule has 110 valence electrons. The molecule has 3 nitrogen and oxygen atoms in total.